The Morgan fingerprint density at radius 3 is 2.47 bits per heavy atom. The van der Waals surface area contributed by atoms with Gasteiger partial charge in [0.25, 0.3) is 0 Å². The van der Waals surface area contributed by atoms with Crippen LogP contribution in [0.4, 0.5) is 0 Å². The van der Waals surface area contributed by atoms with Gasteiger partial charge in [-0.15, -0.1) is 11.6 Å². The third-order valence-electron chi connectivity index (χ3n) is 2.05. The monoisotopic (exact) mass is 268 g/mol. The molecule has 0 aliphatic heterocycles. The van der Waals surface area contributed by atoms with Crippen LogP contribution in [0, 0.1) is 0 Å². The number of alkyl halides is 1. The number of rotatable bonds is 5. The second-order valence-corrected chi connectivity index (χ2v) is 4.85. The summed E-state index contributed by atoms with van der Waals surface area (Å²) < 4.78 is 0. The normalized spacial score (nSPS) is 10.7. The molecule has 0 spiro atoms. The van der Waals surface area contributed by atoms with Gasteiger partial charge in [-0.05, 0) is 5.56 Å². The van der Waals surface area contributed by atoms with Gasteiger partial charge in [-0.25, -0.2) is 0 Å². The zero-order valence-electron chi connectivity index (χ0n) is 9.48. The maximum Gasteiger partial charge on any atom is 0.186 e. The Bertz CT molecular complexity index is 424. The molecule has 90 valence electrons. The van der Waals surface area contributed by atoms with E-state index in [4.69, 9.17) is 11.6 Å². The molecule has 2 nitrogen and oxygen atoms in total. The summed E-state index contributed by atoms with van der Waals surface area (Å²) in [7, 11) is 0. The molecular weight excluding hydrogens is 256 g/mol. The van der Waals surface area contributed by atoms with Crippen LogP contribution in [0.15, 0.2) is 30.3 Å². The molecular formula is C13H13ClO2S. The molecule has 0 aromatic heterocycles. The number of carbonyl (C=O) groups excluding carboxylic acids is 2. The highest BCUT2D eigenvalue weighted by atomic mass is 35.5. The Balaban J connectivity index is 2.56. The van der Waals surface area contributed by atoms with Crippen molar-refractivity contribution >= 4 is 40.3 Å². The Hall–Kier alpha value is -1.06. The molecule has 4 heteroatoms. The van der Waals surface area contributed by atoms with Crippen LogP contribution in [0.5, 0.6) is 0 Å². The average Bonchev–Trinajstić information content (AvgIpc) is 2.34. The summed E-state index contributed by atoms with van der Waals surface area (Å²) in [6.45, 7) is 1.55. The van der Waals surface area contributed by atoms with E-state index in [0.29, 0.717) is 11.3 Å². The molecule has 0 amide bonds. The number of benzene rings is 1. The first kappa shape index (κ1) is 14.0. The van der Waals surface area contributed by atoms with Gasteiger partial charge in [-0.1, -0.05) is 48.2 Å². The number of thioether (sulfide) groups is 1. The molecule has 0 radical (unpaired) electrons. The minimum atomic E-state index is -0.0747. The smallest absolute Gasteiger partial charge is 0.186 e. The molecule has 0 saturated heterocycles. The maximum atomic E-state index is 11.3. The topological polar surface area (TPSA) is 34.1 Å². The molecule has 17 heavy (non-hydrogen) atoms. The van der Waals surface area contributed by atoms with E-state index in [1.54, 1.807) is 19.1 Å². The van der Waals surface area contributed by atoms with Gasteiger partial charge in [-0.3, -0.25) is 9.59 Å². The second-order valence-electron chi connectivity index (χ2n) is 3.38. The van der Waals surface area contributed by atoms with Crippen LogP contribution in [-0.4, -0.2) is 22.5 Å². The molecule has 0 aliphatic carbocycles. The van der Waals surface area contributed by atoms with E-state index in [-0.39, 0.29) is 16.8 Å². The van der Waals surface area contributed by atoms with Crippen molar-refractivity contribution in [2.45, 2.75) is 6.92 Å². The number of hydrogen-bond acceptors (Lipinski definition) is 3. The predicted molar refractivity (Wildman–Crippen MR) is 73.7 cm³/mol. The van der Waals surface area contributed by atoms with Crippen LogP contribution < -0.4 is 0 Å². The Labute approximate surface area is 110 Å². The van der Waals surface area contributed by atoms with Gasteiger partial charge in [0, 0.05) is 18.2 Å². The van der Waals surface area contributed by atoms with Gasteiger partial charge in [0.1, 0.15) is 0 Å². The van der Waals surface area contributed by atoms with E-state index in [1.165, 1.54) is 11.8 Å². The molecule has 1 aromatic carbocycles. The summed E-state index contributed by atoms with van der Waals surface area (Å²) in [6, 6.07) is 7.22. The summed E-state index contributed by atoms with van der Waals surface area (Å²) in [4.78, 5) is 22.0. The number of carbonyl (C=O) groups is 2. The first-order valence-corrected chi connectivity index (χ1v) is 6.64. The predicted octanol–water partition coefficient (Wildman–Crippen LogP) is 3.40. The molecule has 0 atom stereocenters. The van der Waals surface area contributed by atoms with Crippen molar-refractivity contribution in [3.05, 3.63) is 41.5 Å². The maximum absolute atomic E-state index is 11.3. The molecule has 0 fully saturated rings. The highest BCUT2D eigenvalue weighted by Crippen LogP contribution is 2.09. The van der Waals surface area contributed by atoms with E-state index in [1.807, 2.05) is 24.3 Å². The standard InChI is InChI=1S/C13H13ClO2S/c1-10(15)17-8-2-3-11-4-6-12(7-5-11)13(16)9-14/h2-7H,8-9H2,1H3. The van der Waals surface area contributed by atoms with E-state index < -0.39 is 0 Å². The minimum absolute atomic E-state index is 0.00440. The molecule has 0 saturated carbocycles. The summed E-state index contributed by atoms with van der Waals surface area (Å²) in [5, 5.41) is 0.109. The van der Waals surface area contributed by atoms with Crippen molar-refractivity contribution in [2.75, 3.05) is 11.6 Å². The average molecular weight is 269 g/mol. The fourth-order valence-electron chi connectivity index (χ4n) is 1.21. The highest BCUT2D eigenvalue weighted by Gasteiger charge is 2.02. The van der Waals surface area contributed by atoms with E-state index in [2.05, 4.69) is 0 Å². The van der Waals surface area contributed by atoms with Crippen molar-refractivity contribution in [3.63, 3.8) is 0 Å². The van der Waals surface area contributed by atoms with Crippen LogP contribution in [0.25, 0.3) is 6.08 Å². The van der Waals surface area contributed by atoms with Crippen molar-refractivity contribution in [2.24, 2.45) is 0 Å². The number of hydrogen-bond donors (Lipinski definition) is 0. The first-order chi connectivity index (χ1) is 8.13. The minimum Gasteiger partial charge on any atom is -0.293 e. The molecule has 0 heterocycles. The summed E-state index contributed by atoms with van der Waals surface area (Å²) in [5.74, 6) is 0.594. The van der Waals surface area contributed by atoms with Crippen molar-refractivity contribution in [1.82, 2.24) is 0 Å². The third-order valence-corrected chi connectivity index (χ3v) is 3.06. The van der Waals surface area contributed by atoms with Gasteiger partial charge >= 0.3 is 0 Å². The summed E-state index contributed by atoms with van der Waals surface area (Å²) >= 11 is 6.73. The largest absolute Gasteiger partial charge is 0.293 e. The highest BCUT2D eigenvalue weighted by molar-refractivity contribution is 8.13. The van der Waals surface area contributed by atoms with Gasteiger partial charge in [0.15, 0.2) is 10.9 Å². The molecule has 1 aromatic rings. The fourth-order valence-corrected chi connectivity index (χ4v) is 1.79. The lowest BCUT2D eigenvalue weighted by atomic mass is 10.1. The molecule has 0 bridgehead atoms. The number of Topliss-reactive ketones (excluding diaryl/α,β-unsaturated/α-hetero) is 1. The van der Waals surface area contributed by atoms with E-state index >= 15 is 0 Å². The van der Waals surface area contributed by atoms with Gasteiger partial charge in [-0.2, -0.15) is 0 Å². The SMILES string of the molecule is CC(=O)SCC=Cc1ccc(C(=O)CCl)cc1. The second kappa shape index (κ2) is 7.30. The lowest BCUT2D eigenvalue weighted by molar-refractivity contribution is -0.109. The van der Waals surface area contributed by atoms with Crippen LogP contribution in [0.1, 0.15) is 22.8 Å². The van der Waals surface area contributed by atoms with Crippen LogP contribution in [-0.2, 0) is 4.79 Å². The third kappa shape index (κ3) is 5.20. The summed E-state index contributed by atoms with van der Waals surface area (Å²) in [5.41, 5.74) is 1.62. The van der Waals surface area contributed by atoms with Gasteiger partial charge < -0.3 is 0 Å². The van der Waals surface area contributed by atoms with E-state index in [0.717, 1.165) is 5.56 Å². The number of ketones is 1. The Morgan fingerprint density at radius 1 is 1.29 bits per heavy atom. The molecule has 0 N–H and O–H groups in total. The van der Waals surface area contributed by atoms with Crippen LogP contribution >= 0.6 is 23.4 Å². The molecule has 0 unspecified atom stereocenters. The van der Waals surface area contributed by atoms with Crippen molar-refractivity contribution < 1.29 is 9.59 Å². The van der Waals surface area contributed by atoms with Crippen LogP contribution in [0.2, 0.25) is 0 Å². The number of halogens is 1. The van der Waals surface area contributed by atoms with E-state index in [9.17, 15) is 9.59 Å². The quantitative estimate of drug-likeness (QED) is 0.606. The Kier molecular flexibility index (Phi) is 6.01. The van der Waals surface area contributed by atoms with Crippen LogP contribution in [0.3, 0.4) is 0 Å². The van der Waals surface area contributed by atoms with Crippen molar-refractivity contribution in [1.29, 1.82) is 0 Å². The summed E-state index contributed by atoms with van der Waals surface area (Å²) in [6.07, 6.45) is 3.84. The zero-order valence-corrected chi connectivity index (χ0v) is 11.1. The lowest BCUT2D eigenvalue weighted by Gasteiger charge is -1.98. The molecule has 0 aliphatic rings. The molecule has 1 rings (SSSR count). The Morgan fingerprint density at radius 2 is 1.94 bits per heavy atom. The zero-order chi connectivity index (χ0) is 12.7. The van der Waals surface area contributed by atoms with Gasteiger partial charge in [0.2, 0.25) is 0 Å². The lowest BCUT2D eigenvalue weighted by Crippen LogP contribution is -1.99. The van der Waals surface area contributed by atoms with Crippen molar-refractivity contribution in [3.8, 4) is 0 Å². The first-order valence-electron chi connectivity index (χ1n) is 5.12. The van der Waals surface area contributed by atoms with Gasteiger partial charge in [0.05, 0.1) is 5.88 Å². The fraction of sp³-hybridized carbons (Fsp3) is 0.231.